The van der Waals surface area contributed by atoms with Gasteiger partial charge in [0, 0.05) is 19.5 Å². The Kier molecular flexibility index (Phi) is 7.03. The molecule has 0 aliphatic carbocycles. The highest BCUT2D eigenvalue weighted by Gasteiger charge is 2.51. The molecule has 214 valence electrons. The topological polar surface area (TPSA) is 0 Å². The number of rotatable bonds is 6. The van der Waals surface area contributed by atoms with Gasteiger partial charge in [-0.05, 0) is 44.0 Å². The van der Waals surface area contributed by atoms with Gasteiger partial charge in [-0.15, -0.1) is 22.7 Å². The molecule has 0 N–H and O–H groups in total. The summed E-state index contributed by atoms with van der Waals surface area (Å²) in [5.74, 6) is 0. The summed E-state index contributed by atoms with van der Waals surface area (Å²) in [6, 6.07) is 46.9. The lowest BCUT2D eigenvalue weighted by Gasteiger charge is -2.30. The van der Waals surface area contributed by atoms with E-state index in [0.29, 0.717) is 0 Å². The van der Waals surface area contributed by atoms with Crippen molar-refractivity contribution in [2.45, 2.75) is 39.3 Å². The minimum atomic E-state index is -2.50. The predicted molar refractivity (Wildman–Crippen MR) is 202 cm³/mol. The van der Waals surface area contributed by atoms with Crippen LogP contribution in [0, 0.1) is 0 Å². The van der Waals surface area contributed by atoms with Gasteiger partial charge < -0.3 is 0 Å². The fraction of sp³-hybridized carbons (Fsp3) is 0.158. The summed E-state index contributed by atoms with van der Waals surface area (Å²) in [5.41, 5.74) is 2.68. The van der Waals surface area contributed by atoms with Crippen LogP contribution in [0.5, 0.6) is 0 Å². The molecule has 43 heavy (non-hydrogen) atoms. The first-order valence-electron chi connectivity index (χ1n) is 15.2. The first kappa shape index (κ1) is 28.7. The lowest BCUT2D eigenvalue weighted by Crippen LogP contribution is -2.72. The standard InChI is InChI=1S/C38H38S2Si3/c1-41(2,3)29-21-17-27(18-22-29)33-25-35-37(39-33)38-36(26-34(40-38)28-19-23-30(24-20-28)42(4,5)6)43(35,31-13-9-7-10-14-31)32-15-11-8-12-16-32/h7-26H,1-6H3. The molecule has 1 aliphatic heterocycles. The highest BCUT2D eigenvalue weighted by molar-refractivity contribution is 7.35. The molecule has 0 saturated carbocycles. The Hall–Kier alpha value is -3.07. The van der Waals surface area contributed by atoms with Gasteiger partial charge in [0.15, 0.2) is 8.07 Å². The molecule has 0 nitrogen and oxygen atoms in total. The van der Waals surface area contributed by atoms with Crippen LogP contribution in [-0.2, 0) is 0 Å². The maximum absolute atomic E-state index is 2.56. The van der Waals surface area contributed by atoms with E-state index < -0.39 is 24.2 Å². The molecule has 0 fully saturated rings. The average Bonchev–Trinajstić information content (AvgIpc) is 3.69. The molecule has 0 amide bonds. The van der Waals surface area contributed by atoms with Crippen molar-refractivity contribution in [2.75, 3.05) is 0 Å². The van der Waals surface area contributed by atoms with E-state index in [0.717, 1.165) is 0 Å². The van der Waals surface area contributed by atoms with Gasteiger partial charge in [-0.3, -0.25) is 0 Å². The molecule has 0 saturated heterocycles. The van der Waals surface area contributed by atoms with E-state index in [2.05, 4.69) is 161 Å². The van der Waals surface area contributed by atoms with Crippen LogP contribution in [0.1, 0.15) is 0 Å². The zero-order valence-corrected chi connectivity index (χ0v) is 30.5. The maximum atomic E-state index is 2.56. The van der Waals surface area contributed by atoms with E-state index in [4.69, 9.17) is 0 Å². The molecule has 5 heteroatoms. The highest BCUT2D eigenvalue weighted by atomic mass is 32.1. The van der Waals surface area contributed by atoms with Crippen molar-refractivity contribution in [3.05, 3.63) is 121 Å². The number of hydrogen-bond donors (Lipinski definition) is 0. The van der Waals surface area contributed by atoms with Crippen molar-refractivity contribution < 1.29 is 0 Å². The van der Waals surface area contributed by atoms with Crippen LogP contribution in [0.25, 0.3) is 30.6 Å². The molecular weight excluding hydrogens is 605 g/mol. The van der Waals surface area contributed by atoms with Crippen molar-refractivity contribution >= 4 is 78.0 Å². The number of fused-ring (bicyclic) bond motifs is 3. The van der Waals surface area contributed by atoms with Crippen LogP contribution < -0.4 is 31.1 Å². The smallest absolute Gasteiger partial charge is 0.134 e. The van der Waals surface area contributed by atoms with E-state index in [9.17, 15) is 0 Å². The summed E-state index contributed by atoms with van der Waals surface area (Å²) in [5, 5.41) is 9.09. The summed E-state index contributed by atoms with van der Waals surface area (Å²) < 4.78 is 0. The van der Waals surface area contributed by atoms with Crippen molar-refractivity contribution in [1.82, 2.24) is 0 Å². The molecule has 3 heterocycles. The summed E-state index contributed by atoms with van der Waals surface area (Å²) in [7, 11) is -5.19. The highest BCUT2D eigenvalue weighted by Crippen LogP contribution is 2.44. The maximum Gasteiger partial charge on any atom is 0.182 e. The zero-order valence-electron chi connectivity index (χ0n) is 25.9. The lowest BCUT2D eigenvalue weighted by atomic mass is 10.2. The monoisotopic (exact) mass is 642 g/mol. The second kappa shape index (κ2) is 10.5. The Bertz CT molecular complexity index is 1760. The molecule has 0 bridgehead atoms. The van der Waals surface area contributed by atoms with Crippen LogP contribution in [0.3, 0.4) is 0 Å². The first-order valence-corrected chi connectivity index (χ1v) is 25.8. The Morgan fingerprint density at radius 2 is 0.791 bits per heavy atom. The lowest BCUT2D eigenvalue weighted by molar-refractivity contribution is 1.67. The Labute approximate surface area is 267 Å². The van der Waals surface area contributed by atoms with Crippen molar-refractivity contribution in [2.24, 2.45) is 0 Å². The molecule has 6 aromatic rings. The summed E-state index contributed by atoms with van der Waals surface area (Å²) in [4.78, 5) is 5.73. The van der Waals surface area contributed by atoms with Gasteiger partial charge in [0.25, 0.3) is 0 Å². The number of hydrogen-bond acceptors (Lipinski definition) is 2. The van der Waals surface area contributed by atoms with Gasteiger partial charge in [0.2, 0.25) is 0 Å². The molecular formula is C38H38S2Si3. The molecule has 2 aromatic heterocycles. The Balaban J connectivity index is 1.46. The van der Waals surface area contributed by atoms with Crippen molar-refractivity contribution in [3.63, 3.8) is 0 Å². The third-order valence-electron chi connectivity index (χ3n) is 8.96. The van der Waals surface area contributed by atoms with Crippen LogP contribution in [0.15, 0.2) is 121 Å². The SMILES string of the molecule is C[Si](C)(C)c1ccc(-c2cc3c(s2)-c2sc(-c4ccc([Si](C)(C)C)cc4)cc2[Si]3(c2ccccc2)c2ccccc2)cc1. The van der Waals surface area contributed by atoms with E-state index in [1.807, 2.05) is 22.7 Å². The largest absolute Gasteiger partial charge is 0.182 e. The predicted octanol–water partition coefficient (Wildman–Crippen LogP) is 7.59. The van der Waals surface area contributed by atoms with E-state index in [1.54, 1.807) is 10.4 Å². The fourth-order valence-electron chi connectivity index (χ4n) is 6.54. The fourth-order valence-corrected chi connectivity index (χ4v) is 17.7. The molecule has 4 aromatic carbocycles. The minimum absolute atomic E-state index is 1.34. The molecule has 1 aliphatic rings. The third kappa shape index (κ3) is 4.82. The number of thiophene rings is 2. The summed E-state index contributed by atoms with van der Waals surface area (Å²) in [6.07, 6.45) is 0. The van der Waals surface area contributed by atoms with Gasteiger partial charge in [-0.2, -0.15) is 0 Å². The second-order valence-electron chi connectivity index (χ2n) is 13.8. The van der Waals surface area contributed by atoms with Crippen LogP contribution in [0.4, 0.5) is 0 Å². The normalized spacial score (nSPS) is 14.0. The van der Waals surface area contributed by atoms with E-state index in [-0.39, 0.29) is 0 Å². The summed E-state index contributed by atoms with van der Waals surface area (Å²) in [6.45, 7) is 14.6. The van der Waals surface area contributed by atoms with Crippen LogP contribution in [-0.4, -0.2) is 24.2 Å². The van der Waals surface area contributed by atoms with Gasteiger partial charge in [-0.25, -0.2) is 0 Å². The van der Waals surface area contributed by atoms with Gasteiger partial charge >= 0.3 is 0 Å². The van der Waals surface area contributed by atoms with Gasteiger partial charge in [-0.1, -0.05) is 159 Å². The van der Waals surface area contributed by atoms with E-state index in [1.165, 1.54) is 51.4 Å². The van der Waals surface area contributed by atoms with Crippen LogP contribution >= 0.6 is 22.7 Å². The van der Waals surface area contributed by atoms with Crippen LogP contribution in [0.2, 0.25) is 39.3 Å². The molecule has 0 spiro atoms. The average molecular weight is 643 g/mol. The molecule has 0 unspecified atom stereocenters. The Morgan fingerprint density at radius 3 is 1.12 bits per heavy atom. The van der Waals surface area contributed by atoms with E-state index >= 15 is 0 Å². The molecule has 7 rings (SSSR count). The molecule has 0 atom stereocenters. The van der Waals surface area contributed by atoms with Gasteiger partial charge in [0.1, 0.15) is 0 Å². The van der Waals surface area contributed by atoms with Crippen molar-refractivity contribution in [3.8, 4) is 30.6 Å². The zero-order chi connectivity index (χ0) is 30.0. The third-order valence-corrected chi connectivity index (χ3v) is 20.8. The van der Waals surface area contributed by atoms with Crippen molar-refractivity contribution in [1.29, 1.82) is 0 Å². The number of benzene rings is 4. The quantitative estimate of drug-likeness (QED) is 0.164. The van der Waals surface area contributed by atoms with Gasteiger partial charge in [0.05, 0.1) is 16.1 Å². The summed E-state index contributed by atoms with van der Waals surface area (Å²) >= 11 is 4.00. The second-order valence-corrected chi connectivity index (χ2v) is 29.8. The minimum Gasteiger partial charge on any atom is -0.134 e. The Morgan fingerprint density at radius 1 is 0.442 bits per heavy atom. The molecule has 0 radical (unpaired) electrons. The first-order chi connectivity index (χ1) is 20.6.